The fourth-order valence-electron chi connectivity index (χ4n) is 1.56. The largest absolute Gasteiger partial charge is 0.337 e. The van der Waals surface area contributed by atoms with Gasteiger partial charge in [-0.25, -0.2) is 4.39 Å². The van der Waals surface area contributed by atoms with Crippen molar-refractivity contribution in [2.45, 2.75) is 26.8 Å². The van der Waals surface area contributed by atoms with Crippen LogP contribution in [0.4, 0.5) is 4.39 Å². The van der Waals surface area contributed by atoms with Crippen molar-refractivity contribution in [2.24, 2.45) is 11.7 Å². The summed E-state index contributed by atoms with van der Waals surface area (Å²) in [5, 5.41) is 3.87. The van der Waals surface area contributed by atoms with Gasteiger partial charge in [-0.05, 0) is 36.6 Å². The normalized spacial score (nSPS) is 12.3. The molecule has 2 aromatic rings. The Kier molecular flexibility index (Phi) is 5.03. The molecule has 0 amide bonds. The maximum atomic E-state index is 13.2. The van der Waals surface area contributed by atoms with Crippen LogP contribution in [0.2, 0.25) is 0 Å². The number of nitrogens with zero attached hydrogens (tertiary/aromatic N) is 2. The Hall–Kier alpha value is -1.46. The van der Waals surface area contributed by atoms with Crippen LogP contribution < -0.4 is 5.73 Å². The van der Waals surface area contributed by atoms with E-state index in [9.17, 15) is 4.39 Å². The molecule has 1 heterocycles. The van der Waals surface area contributed by atoms with Crippen LogP contribution in [-0.4, -0.2) is 10.1 Å². The number of hydrogen-bond acceptors (Lipinski definition) is 4. The van der Waals surface area contributed by atoms with E-state index in [1.165, 1.54) is 6.07 Å². The maximum absolute atomic E-state index is 13.2. The molecule has 0 radical (unpaired) electrons. The van der Waals surface area contributed by atoms with Crippen LogP contribution in [0, 0.1) is 18.7 Å². The summed E-state index contributed by atoms with van der Waals surface area (Å²) in [7, 11) is 0. The molecule has 0 saturated heterocycles. The number of rotatable bonds is 3. The molecule has 0 unspecified atom stereocenters. The molecule has 0 saturated carbocycles. The van der Waals surface area contributed by atoms with Crippen molar-refractivity contribution in [2.75, 3.05) is 0 Å². The molecule has 0 fully saturated rings. The highest BCUT2D eigenvalue weighted by Crippen LogP contribution is 2.22. The lowest BCUT2D eigenvalue weighted by Gasteiger charge is -2.09. The molecular formula is C13H17ClFN3O. The van der Waals surface area contributed by atoms with E-state index in [0.717, 1.165) is 5.56 Å². The molecule has 6 heteroatoms. The molecule has 1 aromatic heterocycles. The van der Waals surface area contributed by atoms with Gasteiger partial charge in [0.25, 0.3) is 0 Å². The van der Waals surface area contributed by atoms with Gasteiger partial charge < -0.3 is 10.3 Å². The lowest BCUT2D eigenvalue weighted by atomic mass is 10.1. The van der Waals surface area contributed by atoms with Crippen molar-refractivity contribution >= 4 is 12.4 Å². The minimum atomic E-state index is -0.284. The SMILES string of the molecule is Cc1cc(-c2noc([C@H](N)C(C)C)n2)ccc1F.Cl. The predicted octanol–water partition coefficient (Wildman–Crippen LogP) is 3.26. The molecule has 104 valence electrons. The second kappa shape index (κ2) is 6.12. The van der Waals surface area contributed by atoms with Crippen LogP contribution in [0.1, 0.15) is 31.3 Å². The Morgan fingerprint density at radius 1 is 1.32 bits per heavy atom. The standard InChI is InChI=1S/C13H16FN3O.ClH/c1-7(2)11(15)13-16-12(17-18-13)9-4-5-10(14)8(3)6-9;/h4-7,11H,15H2,1-3H3;1H/t11-;/m1./s1. The second-order valence-electron chi connectivity index (χ2n) is 4.69. The van der Waals surface area contributed by atoms with Gasteiger partial charge in [0.2, 0.25) is 11.7 Å². The Morgan fingerprint density at radius 2 is 2.00 bits per heavy atom. The third-order valence-corrected chi connectivity index (χ3v) is 2.86. The first kappa shape index (κ1) is 15.6. The lowest BCUT2D eigenvalue weighted by Crippen LogP contribution is -2.16. The fraction of sp³-hybridized carbons (Fsp3) is 0.385. The minimum absolute atomic E-state index is 0. The van der Waals surface area contributed by atoms with Crippen molar-refractivity contribution in [3.05, 3.63) is 35.5 Å². The summed E-state index contributed by atoms with van der Waals surface area (Å²) in [5.74, 6) is 0.806. The Morgan fingerprint density at radius 3 is 2.58 bits per heavy atom. The van der Waals surface area contributed by atoms with Crippen molar-refractivity contribution < 1.29 is 8.91 Å². The van der Waals surface area contributed by atoms with Crippen molar-refractivity contribution in [1.29, 1.82) is 0 Å². The lowest BCUT2D eigenvalue weighted by molar-refractivity contribution is 0.325. The second-order valence-corrected chi connectivity index (χ2v) is 4.69. The van der Waals surface area contributed by atoms with E-state index in [4.69, 9.17) is 10.3 Å². The minimum Gasteiger partial charge on any atom is -0.337 e. The summed E-state index contributed by atoms with van der Waals surface area (Å²) >= 11 is 0. The zero-order valence-electron chi connectivity index (χ0n) is 11.1. The molecule has 2 N–H and O–H groups in total. The average molecular weight is 286 g/mol. The maximum Gasteiger partial charge on any atom is 0.244 e. The van der Waals surface area contributed by atoms with Gasteiger partial charge in [0.1, 0.15) is 5.82 Å². The van der Waals surface area contributed by atoms with Crippen molar-refractivity contribution in [3.63, 3.8) is 0 Å². The zero-order chi connectivity index (χ0) is 13.3. The van der Waals surface area contributed by atoms with Crippen LogP contribution >= 0.6 is 12.4 Å². The van der Waals surface area contributed by atoms with E-state index in [0.29, 0.717) is 17.3 Å². The summed E-state index contributed by atoms with van der Waals surface area (Å²) in [6, 6.07) is 4.42. The van der Waals surface area contributed by atoms with Crippen molar-refractivity contribution in [3.8, 4) is 11.4 Å². The van der Waals surface area contributed by atoms with Gasteiger partial charge in [-0.1, -0.05) is 19.0 Å². The average Bonchev–Trinajstić information content (AvgIpc) is 2.81. The van der Waals surface area contributed by atoms with E-state index in [1.54, 1.807) is 19.1 Å². The van der Waals surface area contributed by atoms with Crippen molar-refractivity contribution in [1.82, 2.24) is 10.1 Å². The molecule has 1 atom stereocenters. The molecule has 4 nitrogen and oxygen atoms in total. The van der Waals surface area contributed by atoms with Gasteiger partial charge in [-0.15, -0.1) is 12.4 Å². The van der Waals surface area contributed by atoms with E-state index < -0.39 is 0 Å². The first-order valence-electron chi connectivity index (χ1n) is 5.84. The van der Waals surface area contributed by atoms with Crippen LogP contribution in [-0.2, 0) is 0 Å². The van der Waals surface area contributed by atoms with Gasteiger partial charge in [-0.3, -0.25) is 0 Å². The molecule has 19 heavy (non-hydrogen) atoms. The highest BCUT2D eigenvalue weighted by molar-refractivity contribution is 5.85. The van der Waals surface area contributed by atoms with Gasteiger partial charge >= 0.3 is 0 Å². The molecule has 2 rings (SSSR count). The quantitative estimate of drug-likeness (QED) is 0.940. The third-order valence-electron chi connectivity index (χ3n) is 2.86. The van der Waals surface area contributed by atoms with E-state index in [-0.39, 0.29) is 30.2 Å². The Bertz CT molecular complexity index is 557. The molecule has 0 bridgehead atoms. The topological polar surface area (TPSA) is 64.9 Å². The van der Waals surface area contributed by atoms with Gasteiger partial charge in [0.05, 0.1) is 6.04 Å². The van der Waals surface area contributed by atoms with Crippen LogP contribution in [0.25, 0.3) is 11.4 Å². The van der Waals surface area contributed by atoms with Gasteiger partial charge in [0.15, 0.2) is 0 Å². The summed E-state index contributed by atoms with van der Waals surface area (Å²) in [4.78, 5) is 4.25. The summed E-state index contributed by atoms with van der Waals surface area (Å²) in [6.07, 6.45) is 0. The number of halogens is 2. The van der Waals surface area contributed by atoms with Crippen LogP contribution in [0.3, 0.4) is 0 Å². The van der Waals surface area contributed by atoms with Gasteiger partial charge in [-0.2, -0.15) is 4.98 Å². The zero-order valence-corrected chi connectivity index (χ0v) is 11.9. The summed E-state index contributed by atoms with van der Waals surface area (Å²) in [6.45, 7) is 5.66. The summed E-state index contributed by atoms with van der Waals surface area (Å²) < 4.78 is 18.3. The Labute approximate surface area is 117 Å². The van der Waals surface area contributed by atoms with Gasteiger partial charge in [0, 0.05) is 5.56 Å². The van der Waals surface area contributed by atoms with Crippen LogP contribution in [0.5, 0.6) is 0 Å². The van der Waals surface area contributed by atoms with E-state index >= 15 is 0 Å². The first-order chi connectivity index (χ1) is 8.49. The highest BCUT2D eigenvalue weighted by atomic mass is 35.5. The number of aryl methyl sites for hydroxylation is 1. The number of aromatic nitrogens is 2. The molecule has 0 aliphatic carbocycles. The molecule has 1 aromatic carbocycles. The van der Waals surface area contributed by atoms with Crippen LogP contribution in [0.15, 0.2) is 22.7 Å². The molecule has 0 spiro atoms. The first-order valence-corrected chi connectivity index (χ1v) is 5.84. The monoisotopic (exact) mass is 285 g/mol. The molecule has 0 aliphatic rings. The Balaban J connectivity index is 0.00000180. The summed E-state index contributed by atoms with van der Waals surface area (Å²) in [5.41, 5.74) is 7.20. The molecule has 0 aliphatic heterocycles. The third kappa shape index (κ3) is 3.30. The number of benzene rings is 1. The highest BCUT2D eigenvalue weighted by Gasteiger charge is 2.18. The van der Waals surface area contributed by atoms with E-state index in [2.05, 4.69) is 10.1 Å². The number of hydrogen-bond donors (Lipinski definition) is 1. The number of nitrogens with two attached hydrogens (primary N) is 1. The smallest absolute Gasteiger partial charge is 0.244 e. The van der Waals surface area contributed by atoms with E-state index in [1.807, 2.05) is 13.8 Å². The predicted molar refractivity (Wildman–Crippen MR) is 73.4 cm³/mol. The molecular weight excluding hydrogens is 269 g/mol. The fourth-order valence-corrected chi connectivity index (χ4v) is 1.56.